The maximum Gasteiger partial charge on any atom is 0.0860 e. The van der Waals surface area contributed by atoms with Gasteiger partial charge in [0.25, 0.3) is 0 Å². The summed E-state index contributed by atoms with van der Waals surface area (Å²) >= 11 is 0. The van der Waals surface area contributed by atoms with Crippen molar-refractivity contribution in [1.82, 2.24) is 20.3 Å². The second-order valence-electron chi connectivity index (χ2n) is 4.87. The number of aryl methyl sites for hydroxylation is 1. The van der Waals surface area contributed by atoms with Crippen LogP contribution < -0.4 is 5.32 Å². The van der Waals surface area contributed by atoms with E-state index in [0.717, 1.165) is 17.9 Å². The zero-order valence-electron chi connectivity index (χ0n) is 10.6. The fourth-order valence-corrected chi connectivity index (χ4v) is 2.47. The molecule has 1 aromatic heterocycles. The Morgan fingerprint density at radius 2 is 2.28 bits per heavy atom. The lowest BCUT2D eigenvalue weighted by atomic mass is 9.97. The van der Waals surface area contributed by atoms with Gasteiger partial charge in [0, 0.05) is 6.04 Å². The normalized spacial score (nSPS) is 19.9. The van der Waals surface area contributed by atoms with Crippen molar-refractivity contribution in [1.29, 1.82) is 0 Å². The van der Waals surface area contributed by atoms with Gasteiger partial charge >= 0.3 is 0 Å². The van der Waals surface area contributed by atoms with E-state index in [4.69, 9.17) is 0 Å². The minimum absolute atomic E-state index is 0.482. The van der Waals surface area contributed by atoms with Gasteiger partial charge in [0.05, 0.1) is 17.6 Å². The predicted octanol–water partition coefficient (Wildman–Crippen LogP) is 2.39. The third-order valence-electron chi connectivity index (χ3n) is 3.42. The molecule has 1 saturated heterocycles. The fourth-order valence-electron chi connectivity index (χ4n) is 2.47. The molecule has 2 heterocycles. The van der Waals surface area contributed by atoms with E-state index in [2.05, 4.69) is 33.7 Å². The van der Waals surface area contributed by atoms with Crippen molar-refractivity contribution in [3.8, 4) is 5.69 Å². The Labute approximate surface area is 107 Å². The maximum atomic E-state index is 4.35. The lowest BCUT2D eigenvalue weighted by molar-refractivity contribution is 0.412. The molecule has 0 saturated carbocycles. The summed E-state index contributed by atoms with van der Waals surface area (Å²) in [6.07, 6.45) is 5.59. The van der Waals surface area contributed by atoms with Crippen molar-refractivity contribution >= 4 is 0 Å². The summed E-state index contributed by atoms with van der Waals surface area (Å²) in [4.78, 5) is 1.70. The molecule has 1 unspecified atom stereocenters. The van der Waals surface area contributed by atoms with E-state index in [1.165, 1.54) is 24.8 Å². The average molecular weight is 242 g/mol. The first-order valence-corrected chi connectivity index (χ1v) is 6.55. The first-order valence-electron chi connectivity index (χ1n) is 6.55. The van der Waals surface area contributed by atoms with E-state index < -0.39 is 0 Å². The van der Waals surface area contributed by atoms with Crippen molar-refractivity contribution in [2.45, 2.75) is 32.2 Å². The molecule has 4 nitrogen and oxygen atoms in total. The number of rotatable bonds is 2. The molecular weight excluding hydrogens is 224 g/mol. The summed E-state index contributed by atoms with van der Waals surface area (Å²) in [6, 6.07) is 8.98. The number of hydrogen-bond acceptors (Lipinski definition) is 3. The topological polar surface area (TPSA) is 42.7 Å². The molecule has 0 aliphatic carbocycles. The standard InChI is InChI=1S/C14H18N4/c1-11-10-16-18(17-11)13-6-4-5-12(9-13)14-7-2-3-8-15-14/h4-6,9-10,14-15H,2-3,7-8H2,1H3. The zero-order valence-corrected chi connectivity index (χ0v) is 10.6. The van der Waals surface area contributed by atoms with E-state index >= 15 is 0 Å². The SMILES string of the molecule is Cc1cnn(-c2cccc(C3CCCCN3)c2)n1. The van der Waals surface area contributed by atoms with Crippen LogP contribution in [0.4, 0.5) is 0 Å². The van der Waals surface area contributed by atoms with Gasteiger partial charge in [0.15, 0.2) is 0 Å². The minimum atomic E-state index is 0.482. The van der Waals surface area contributed by atoms with E-state index in [9.17, 15) is 0 Å². The summed E-state index contributed by atoms with van der Waals surface area (Å²) in [5, 5.41) is 12.2. The minimum Gasteiger partial charge on any atom is -0.310 e. The summed E-state index contributed by atoms with van der Waals surface area (Å²) in [7, 11) is 0. The number of hydrogen-bond donors (Lipinski definition) is 1. The Kier molecular flexibility index (Phi) is 3.11. The molecule has 1 N–H and O–H groups in total. The molecule has 1 aromatic carbocycles. The Bertz CT molecular complexity index is 526. The second kappa shape index (κ2) is 4.90. The summed E-state index contributed by atoms with van der Waals surface area (Å²) in [5.74, 6) is 0. The summed E-state index contributed by atoms with van der Waals surface area (Å²) in [5.41, 5.74) is 3.31. The van der Waals surface area contributed by atoms with Gasteiger partial charge in [-0.25, -0.2) is 0 Å². The average Bonchev–Trinajstić information content (AvgIpc) is 2.87. The highest BCUT2D eigenvalue weighted by molar-refractivity contribution is 5.35. The molecular formula is C14H18N4. The van der Waals surface area contributed by atoms with Crippen molar-refractivity contribution in [3.63, 3.8) is 0 Å². The third kappa shape index (κ3) is 2.29. The van der Waals surface area contributed by atoms with E-state index in [1.807, 2.05) is 13.0 Å². The van der Waals surface area contributed by atoms with Crippen molar-refractivity contribution < 1.29 is 0 Å². The van der Waals surface area contributed by atoms with Crippen LogP contribution in [0.15, 0.2) is 30.5 Å². The van der Waals surface area contributed by atoms with Gasteiger partial charge in [-0.05, 0) is 44.0 Å². The molecule has 1 atom stereocenters. The number of nitrogens with one attached hydrogen (secondary N) is 1. The van der Waals surface area contributed by atoms with Gasteiger partial charge in [-0.1, -0.05) is 18.6 Å². The highest BCUT2D eigenvalue weighted by atomic mass is 15.5. The number of nitrogens with zero attached hydrogens (tertiary/aromatic N) is 3. The molecule has 94 valence electrons. The first-order chi connectivity index (χ1) is 8.83. The highest BCUT2D eigenvalue weighted by Gasteiger charge is 2.15. The van der Waals surface area contributed by atoms with Crippen molar-refractivity contribution in [3.05, 3.63) is 41.7 Å². The van der Waals surface area contributed by atoms with Gasteiger partial charge in [0.2, 0.25) is 0 Å². The molecule has 0 spiro atoms. The highest BCUT2D eigenvalue weighted by Crippen LogP contribution is 2.24. The van der Waals surface area contributed by atoms with Crippen molar-refractivity contribution in [2.24, 2.45) is 0 Å². The van der Waals surface area contributed by atoms with Gasteiger partial charge in [0.1, 0.15) is 0 Å². The molecule has 0 radical (unpaired) electrons. The molecule has 1 aliphatic rings. The molecule has 1 aliphatic heterocycles. The Morgan fingerprint density at radius 1 is 1.33 bits per heavy atom. The monoisotopic (exact) mass is 242 g/mol. The van der Waals surface area contributed by atoms with Crippen molar-refractivity contribution in [2.75, 3.05) is 6.54 Å². The van der Waals surface area contributed by atoms with Gasteiger partial charge in [-0.15, -0.1) is 0 Å². The van der Waals surface area contributed by atoms with Gasteiger partial charge < -0.3 is 5.32 Å². The quantitative estimate of drug-likeness (QED) is 0.879. The number of aromatic nitrogens is 3. The van der Waals surface area contributed by atoms with Gasteiger partial charge in [-0.3, -0.25) is 0 Å². The van der Waals surface area contributed by atoms with Crippen LogP contribution in [0.2, 0.25) is 0 Å². The van der Waals surface area contributed by atoms with Crippen LogP contribution in [-0.4, -0.2) is 21.5 Å². The summed E-state index contributed by atoms with van der Waals surface area (Å²) < 4.78 is 0. The smallest absolute Gasteiger partial charge is 0.0860 e. The lowest BCUT2D eigenvalue weighted by Gasteiger charge is -2.24. The van der Waals surface area contributed by atoms with Crippen LogP contribution in [0.1, 0.15) is 36.6 Å². The van der Waals surface area contributed by atoms with E-state index in [1.54, 1.807) is 11.0 Å². The summed E-state index contributed by atoms with van der Waals surface area (Å²) in [6.45, 7) is 3.07. The van der Waals surface area contributed by atoms with E-state index in [-0.39, 0.29) is 0 Å². The Hall–Kier alpha value is -1.68. The van der Waals surface area contributed by atoms with Crippen LogP contribution in [0, 0.1) is 6.92 Å². The first kappa shape index (κ1) is 11.4. The number of benzene rings is 1. The van der Waals surface area contributed by atoms with Crippen LogP contribution in [0.25, 0.3) is 5.69 Å². The molecule has 3 rings (SSSR count). The molecule has 2 aromatic rings. The fraction of sp³-hybridized carbons (Fsp3) is 0.429. The third-order valence-corrected chi connectivity index (χ3v) is 3.42. The lowest BCUT2D eigenvalue weighted by Crippen LogP contribution is -2.26. The van der Waals surface area contributed by atoms with Crippen LogP contribution in [0.3, 0.4) is 0 Å². The maximum absolute atomic E-state index is 4.35. The van der Waals surface area contributed by atoms with E-state index in [0.29, 0.717) is 6.04 Å². The van der Waals surface area contributed by atoms with Crippen LogP contribution in [0.5, 0.6) is 0 Å². The Morgan fingerprint density at radius 3 is 3.00 bits per heavy atom. The molecule has 0 amide bonds. The molecule has 4 heteroatoms. The van der Waals surface area contributed by atoms with Gasteiger partial charge in [-0.2, -0.15) is 15.0 Å². The number of piperidine rings is 1. The van der Waals surface area contributed by atoms with Crippen LogP contribution in [-0.2, 0) is 0 Å². The molecule has 1 fully saturated rings. The Balaban J connectivity index is 1.88. The largest absolute Gasteiger partial charge is 0.310 e. The molecule has 18 heavy (non-hydrogen) atoms. The predicted molar refractivity (Wildman–Crippen MR) is 70.7 cm³/mol. The van der Waals surface area contributed by atoms with Crippen LogP contribution >= 0.6 is 0 Å². The second-order valence-corrected chi connectivity index (χ2v) is 4.87. The zero-order chi connectivity index (χ0) is 12.4. The molecule has 0 bridgehead atoms.